The van der Waals surface area contributed by atoms with Gasteiger partial charge in [-0.2, -0.15) is 0 Å². The molecule has 0 radical (unpaired) electrons. The second-order valence-electron chi connectivity index (χ2n) is 27.9. The second kappa shape index (κ2) is 15.0. The number of thiophene rings is 1. The molecular formula is C67H77BN2S. The summed E-state index contributed by atoms with van der Waals surface area (Å²) in [5.41, 5.74) is 25.4. The van der Waals surface area contributed by atoms with Crippen LogP contribution in [-0.2, 0) is 37.9 Å². The van der Waals surface area contributed by atoms with E-state index in [0.717, 1.165) is 0 Å². The molecule has 0 bridgehead atoms. The first-order chi connectivity index (χ1) is 33.2. The van der Waals surface area contributed by atoms with Crippen molar-refractivity contribution in [3.8, 4) is 11.1 Å². The minimum Gasteiger partial charge on any atom is -0.311 e. The molecule has 0 atom stereocenters. The summed E-state index contributed by atoms with van der Waals surface area (Å²) in [6, 6.07) is 42.1. The summed E-state index contributed by atoms with van der Waals surface area (Å²) in [6.07, 6.45) is 7.12. The Morgan fingerprint density at radius 1 is 0.479 bits per heavy atom. The van der Waals surface area contributed by atoms with Crippen molar-refractivity contribution in [3.05, 3.63) is 148 Å². The van der Waals surface area contributed by atoms with Crippen molar-refractivity contribution in [2.75, 3.05) is 9.80 Å². The lowest BCUT2D eigenvalue weighted by Crippen LogP contribution is -2.60. The van der Waals surface area contributed by atoms with Gasteiger partial charge in [0.25, 0.3) is 6.71 Å². The first-order valence-electron chi connectivity index (χ1n) is 27.1. The van der Waals surface area contributed by atoms with E-state index < -0.39 is 0 Å². The molecule has 0 unspecified atom stereocenters. The van der Waals surface area contributed by atoms with E-state index in [1.807, 2.05) is 0 Å². The van der Waals surface area contributed by atoms with Crippen LogP contribution in [0.3, 0.4) is 0 Å². The van der Waals surface area contributed by atoms with Crippen molar-refractivity contribution in [1.82, 2.24) is 0 Å². The van der Waals surface area contributed by atoms with Crippen LogP contribution < -0.4 is 25.5 Å². The summed E-state index contributed by atoms with van der Waals surface area (Å²) in [7, 11) is 0. The standard InChI is InChI=1S/C67H77BN2S/c1-40-22-25-53-52(32-40)68-58-55(33-42(61(2,3)4)34-56(58)70(53)54-38-50-48(64(9,10)28-30-66(50,13)14)36-44(54)41-20-18-17-19-21-41)69(43-23-24-46-47(35-43)63(7,8)27-26-62(46,5)6)59-45-37-49-51(39-57(45)71-60(59)68)67(15,16)31-29-65(49,11)12/h17-25,32-39H,26-31H2,1-16H3. The molecule has 0 saturated carbocycles. The minimum atomic E-state index is -0.121. The Hall–Kier alpha value is -5.06. The highest BCUT2D eigenvalue weighted by Crippen LogP contribution is 2.57. The van der Waals surface area contributed by atoms with E-state index in [1.54, 1.807) is 0 Å². The molecule has 5 aliphatic rings. The maximum atomic E-state index is 2.78. The van der Waals surface area contributed by atoms with Crippen LogP contribution in [0.1, 0.15) is 187 Å². The number of aryl methyl sites for hydroxylation is 1. The third-order valence-electron chi connectivity index (χ3n) is 19.0. The van der Waals surface area contributed by atoms with E-state index in [4.69, 9.17) is 0 Å². The molecule has 71 heavy (non-hydrogen) atoms. The van der Waals surface area contributed by atoms with Crippen molar-refractivity contribution < 1.29 is 0 Å². The van der Waals surface area contributed by atoms with Gasteiger partial charge in [-0.3, -0.25) is 0 Å². The molecule has 7 aromatic rings. The SMILES string of the molecule is Cc1ccc2c(c1)B1c3sc4cc5c(cc4c3N(c3ccc4c(c3)C(C)(C)CCC4(C)C)c3cc(C(C)(C)C)cc(c31)N2c1cc2c(cc1-c1ccccc1)C(C)(C)CCC2(C)C)C(C)(C)CCC5(C)C. The van der Waals surface area contributed by atoms with E-state index in [0.29, 0.717) is 0 Å². The lowest BCUT2D eigenvalue weighted by atomic mass is 9.36. The molecule has 6 aromatic carbocycles. The summed E-state index contributed by atoms with van der Waals surface area (Å²) in [4.78, 5) is 5.51. The monoisotopic (exact) mass is 953 g/mol. The molecule has 364 valence electrons. The Kier molecular flexibility index (Phi) is 9.94. The van der Waals surface area contributed by atoms with Crippen LogP contribution in [0.25, 0.3) is 21.2 Å². The van der Waals surface area contributed by atoms with Crippen molar-refractivity contribution in [2.24, 2.45) is 0 Å². The molecular weight excluding hydrogens is 876 g/mol. The number of hydrogen-bond donors (Lipinski definition) is 0. The van der Waals surface area contributed by atoms with Gasteiger partial charge in [-0.1, -0.05) is 158 Å². The van der Waals surface area contributed by atoms with Crippen LogP contribution in [0.5, 0.6) is 0 Å². The summed E-state index contributed by atoms with van der Waals surface area (Å²) < 4.78 is 2.88. The first kappa shape index (κ1) is 47.0. The van der Waals surface area contributed by atoms with E-state index in [-0.39, 0.29) is 44.6 Å². The summed E-state index contributed by atoms with van der Waals surface area (Å²) in [5.74, 6) is 0. The number of hydrogen-bond acceptors (Lipinski definition) is 3. The Balaban J connectivity index is 1.24. The van der Waals surface area contributed by atoms with Gasteiger partial charge in [-0.15, -0.1) is 11.3 Å². The number of nitrogens with zero attached hydrogens (tertiary/aromatic N) is 2. The highest BCUT2D eigenvalue weighted by Gasteiger charge is 2.49. The fourth-order valence-corrected chi connectivity index (χ4v) is 15.3. The van der Waals surface area contributed by atoms with Crippen LogP contribution >= 0.6 is 11.3 Å². The highest BCUT2D eigenvalue weighted by molar-refractivity contribution is 7.33. The molecule has 0 spiro atoms. The maximum absolute atomic E-state index is 2.78. The average Bonchev–Trinajstić information content (AvgIpc) is 3.68. The van der Waals surface area contributed by atoms with E-state index >= 15 is 0 Å². The minimum absolute atomic E-state index is 0.0375. The van der Waals surface area contributed by atoms with Gasteiger partial charge in [0, 0.05) is 43.2 Å². The Labute approximate surface area is 431 Å². The van der Waals surface area contributed by atoms with Gasteiger partial charge in [-0.25, -0.2) is 0 Å². The highest BCUT2D eigenvalue weighted by atomic mass is 32.1. The van der Waals surface area contributed by atoms with E-state index in [2.05, 4.69) is 235 Å². The molecule has 0 fully saturated rings. The molecule has 1 aromatic heterocycles. The number of benzene rings is 6. The van der Waals surface area contributed by atoms with Crippen LogP contribution in [0.4, 0.5) is 34.1 Å². The zero-order chi connectivity index (χ0) is 50.3. The lowest BCUT2D eigenvalue weighted by Gasteiger charge is -2.47. The average molecular weight is 953 g/mol. The number of anilines is 6. The number of fused-ring (bicyclic) bond motifs is 9. The van der Waals surface area contributed by atoms with Gasteiger partial charge >= 0.3 is 0 Å². The van der Waals surface area contributed by atoms with Crippen LogP contribution in [-0.4, -0.2) is 6.71 Å². The van der Waals surface area contributed by atoms with Crippen LogP contribution in [0.15, 0.2) is 103 Å². The fraction of sp³-hybridized carbons (Fsp3) is 0.433. The van der Waals surface area contributed by atoms with Gasteiger partial charge in [0.1, 0.15) is 0 Å². The lowest BCUT2D eigenvalue weighted by molar-refractivity contribution is 0.332. The van der Waals surface area contributed by atoms with Gasteiger partial charge in [0.2, 0.25) is 0 Å². The van der Waals surface area contributed by atoms with Crippen molar-refractivity contribution in [1.29, 1.82) is 0 Å². The third-order valence-corrected chi connectivity index (χ3v) is 20.3. The topological polar surface area (TPSA) is 6.48 Å². The molecule has 0 N–H and O–H groups in total. The van der Waals surface area contributed by atoms with Gasteiger partial charge in [-0.05, 0) is 193 Å². The summed E-state index contributed by atoms with van der Waals surface area (Å²) in [5, 5.41) is 1.41. The molecule has 3 aliphatic carbocycles. The van der Waals surface area contributed by atoms with Gasteiger partial charge < -0.3 is 9.80 Å². The van der Waals surface area contributed by atoms with Crippen molar-refractivity contribution in [3.63, 3.8) is 0 Å². The largest absolute Gasteiger partial charge is 0.311 e. The second-order valence-corrected chi connectivity index (χ2v) is 29.0. The Morgan fingerprint density at radius 3 is 1.59 bits per heavy atom. The first-order valence-corrected chi connectivity index (χ1v) is 27.9. The molecule has 2 aliphatic heterocycles. The summed E-state index contributed by atoms with van der Waals surface area (Å²) in [6.45, 7) is 39.4. The van der Waals surface area contributed by atoms with Gasteiger partial charge in [0.15, 0.2) is 0 Å². The molecule has 4 heteroatoms. The van der Waals surface area contributed by atoms with E-state index in [1.165, 1.54) is 154 Å². The van der Waals surface area contributed by atoms with Crippen LogP contribution in [0.2, 0.25) is 0 Å². The smallest absolute Gasteiger partial charge is 0.264 e. The molecule has 2 nitrogen and oxygen atoms in total. The van der Waals surface area contributed by atoms with E-state index in [9.17, 15) is 0 Å². The third kappa shape index (κ3) is 6.98. The predicted octanol–water partition coefficient (Wildman–Crippen LogP) is 17.3. The quantitative estimate of drug-likeness (QED) is 0.163. The molecule has 0 amide bonds. The molecule has 3 heterocycles. The van der Waals surface area contributed by atoms with Crippen molar-refractivity contribution >= 4 is 78.0 Å². The predicted molar refractivity (Wildman–Crippen MR) is 311 cm³/mol. The van der Waals surface area contributed by atoms with Crippen molar-refractivity contribution in [2.45, 2.75) is 187 Å². The van der Waals surface area contributed by atoms with Gasteiger partial charge in [0.05, 0.1) is 11.4 Å². The Morgan fingerprint density at radius 2 is 1.00 bits per heavy atom. The maximum Gasteiger partial charge on any atom is 0.264 e. The number of rotatable bonds is 3. The summed E-state index contributed by atoms with van der Waals surface area (Å²) >= 11 is 2.07. The normalized spacial score (nSPS) is 20.4. The molecule has 12 rings (SSSR count). The Bertz CT molecular complexity index is 3390. The zero-order valence-electron chi connectivity index (χ0n) is 45.9. The van der Waals surface area contributed by atoms with Crippen LogP contribution in [0, 0.1) is 6.92 Å². The fourth-order valence-electron chi connectivity index (χ4n) is 14.0. The molecule has 0 saturated heterocycles. The zero-order valence-corrected chi connectivity index (χ0v) is 46.8.